The fraction of sp³-hybridized carbons (Fsp3) is 0.318. The predicted octanol–water partition coefficient (Wildman–Crippen LogP) is 3.74. The second-order valence-electron chi connectivity index (χ2n) is 7.24. The summed E-state index contributed by atoms with van der Waals surface area (Å²) in [6.07, 6.45) is 2.11. The van der Waals surface area contributed by atoms with Crippen LogP contribution in [0.15, 0.2) is 64.5 Å². The van der Waals surface area contributed by atoms with Crippen molar-refractivity contribution in [3.8, 4) is 5.69 Å². The van der Waals surface area contributed by atoms with E-state index in [9.17, 15) is 9.59 Å². The molecule has 0 N–H and O–H groups in total. The number of carbonyl (C=O) groups is 1. The number of benzene rings is 2. The van der Waals surface area contributed by atoms with E-state index in [2.05, 4.69) is 6.92 Å². The molecule has 0 bridgehead atoms. The number of hydrogen-bond acceptors (Lipinski definition) is 4. The highest BCUT2D eigenvalue weighted by molar-refractivity contribution is 7.99. The molecular weight excluding hydrogens is 370 g/mol. The Hall–Kier alpha value is -2.60. The highest BCUT2D eigenvalue weighted by Gasteiger charge is 2.21. The minimum absolute atomic E-state index is 0.110. The van der Waals surface area contributed by atoms with Gasteiger partial charge in [-0.15, -0.1) is 0 Å². The zero-order chi connectivity index (χ0) is 19.5. The van der Waals surface area contributed by atoms with Gasteiger partial charge < -0.3 is 4.90 Å². The number of hydrogen-bond donors (Lipinski definition) is 0. The molecular formula is C22H23N3O2S. The molecule has 5 nitrogen and oxygen atoms in total. The van der Waals surface area contributed by atoms with Gasteiger partial charge in [0, 0.05) is 13.1 Å². The van der Waals surface area contributed by atoms with Crippen molar-refractivity contribution in [2.75, 3.05) is 18.8 Å². The van der Waals surface area contributed by atoms with Crippen LogP contribution < -0.4 is 5.56 Å². The van der Waals surface area contributed by atoms with Crippen LogP contribution in [0.4, 0.5) is 0 Å². The number of nitrogens with zero attached hydrogens (tertiary/aromatic N) is 3. The number of piperidine rings is 1. The number of likely N-dealkylation sites (tertiary alicyclic amines) is 1. The van der Waals surface area contributed by atoms with E-state index in [1.807, 2.05) is 53.4 Å². The van der Waals surface area contributed by atoms with E-state index in [1.54, 1.807) is 10.6 Å². The fourth-order valence-corrected chi connectivity index (χ4v) is 4.40. The molecule has 144 valence electrons. The lowest BCUT2D eigenvalue weighted by atomic mass is 9.99. The third kappa shape index (κ3) is 3.83. The summed E-state index contributed by atoms with van der Waals surface area (Å²) in [6.45, 7) is 3.86. The van der Waals surface area contributed by atoms with Crippen LogP contribution in [0.5, 0.6) is 0 Å². The van der Waals surface area contributed by atoms with Crippen molar-refractivity contribution in [2.45, 2.75) is 24.9 Å². The Bertz CT molecular complexity index is 1040. The summed E-state index contributed by atoms with van der Waals surface area (Å²) in [4.78, 5) is 32.4. The van der Waals surface area contributed by atoms with Gasteiger partial charge in [-0.1, -0.05) is 49.0 Å². The molecule has 0 atom stereocenters. The van der Waals surface area contributed by atoms with E-state index < -0.39 is 0 Å². The molecule has 28 heavy (non-hydrogen) atoms. The topological polar surface area (TPSA) is 55.2 Å². The van der Waals surface area contributed by atoms with Crippen LogP contribution in [-0.2, 0) is 4.79 Å². The van der Waals surface area contributed by atoms with Crippen LogP contribution in [0.25, 0.3) is 16.6 Å². The molecule has 6 heteroatoms. The third-order valence-corrected chi connectivity index (χ3v) is 6.14. The van der Waals surface area contributed by atoms with Crippen molar-refractivity contribution in [2.24, 2.45) is 5.92 Å². The highest BCUT2D eigenvalue weighted by atomic mass is 32.2. The Kier molecular flexibility index (Phi) is 5.48. The molecule has 1 fully saturated rings. The molecule has 4 rings (SSSR count). The molecule has 0 saturated carbocycles. The minimum atomic E-state index is -0.112. The van der Waals surface area contributed by atoms with Gasteiger partial charge in [0.1, 0.15) is 0 Å². The first-order valence-electron chi connectivity index (χ1n) is 9.61. The van der Waals surface area contributed by atoms with E-state index in [1.165, 1.54) is 11.8 Å². The number of rotatable bonds is 4. The van der Waals surface area contributed by atoms with Crippen molar-refractivity contribution in [3.05, 3.63) is 65.0 Å². The molecule has 2 aromatic carbocycles. The van der Waals surface area contributed by atoms with Gasteiger partial charge in [-0.2, -0.15) is 0 Å². The largest absolute Gasteiger partial charge is 0.342 e. The zero-order valence-corrected chi connectivity index (χ0v) is 16.7. The molecule has 0 radical (unpaired) electrons. The number of para-hydroxylation sites is 2. The molecule has 1 aliphatic rings. The minimum Gasteiger partial charge on any atom is -0.342 e. The van der Waals surface area contributed by atoms with Gasteiger partial charge in [0.15, 0.2) is 5.16 Å². The molecule has 0 spiro atoms. The Morgan fingerprint density at radius 2 is 1.75 bits per heavy atom. The second-order valence-corrected chi connectivity index (χ2v) is 8.18. The van der Waals surface area contributed by atoms with Crippen LogP contribution in [-0.4, -0.2) is 39.2 Å². The van der Waals surface area contributed by atoms with E-state index in [4.69, 9.17) is 4.98 Å². The van der Waals surface area contributed by atoms with Crippen molar-refractivity contribution in [1.29, 1.82) is 0 Å². The fourth-order valence-electron chi connectivity index (χ4n) is 3.49. The van der Waals surface area contributed by atoms with Crippen LogP contribution in [0.1, 0.15) is 19.8 Å². The monoisotopic (exact) mass is 393 g/mol. The number of carbonyl (C=O) groups excluding carboxylic acids is 1. The van der Waals surface area contributed by atoms with Crippen molar-refractivity contribution in [1.82, 2.24) is 14.5 Å². The van der Waals surface area contributed by atoms with Crippen LogP contribution >= 0.6 is 11.8 Å². The third-order valence-electron chi connectivity index (χ3n) is 5.22. The first-order valence-corrected chi connectivity index (χ1v) is 10.6. The normalized spacial score (nSPS) is 15.1. The molecule has 3 aromatic rings. The van der Waals surface area contributed by atoms with E-state index in [0.29, 0.717) is 22.0 Å². The number of fused-ring (bicyclic) bond motifs is 1. The Morgan fingerprint density at radius 1 is 1.07 bits per heavy atom. The zero-order valence-electron chi connectivity index (χ0n) is 15.9. The van der Waals surface area contributed by atoms with Gasteiger partial charge >= 0.3 is 0 Å². The summed E-state index contributed by atoms with van der Waals surface area (Å²) in [6, 6.07) is 16.8. The first kappa shape index (κ1) is 18.7. The number of thioether (sulfide) groups is 1. The summed E-state index contributed by atoms with van der Waals surface area (Å²) < 4.78 is 1.61. The molecule has 2 heterocycles. The lowest BCUT2D eigenvalue weighted by molar-refractivity contribution is -0.129. The van der Waals surface area contributed by atoms with Gasteiger partial charge in [0.2, 0.25) is 5.91 Å². The van der Waals surface area contributed by atoms with E-state index in [0.717, 1.165) is 31.6 Å². The van der Waals surface area contributed by atoms with Gasteiger partial charge in [0.05, 0.1) is 22.3 Å². The summed E-state index contributed by atoms with van der Waals surface area (Å²) >= 11 is 1.33. The van der Waals surface area contributed by atoms with Crippen molar-refractivity contribution < 1.29 is 4.79 Å². The van der Waals surface area contributed by atoms with Crippen LogP contribution in [0.2, 0.25) is 0 Å². The average molecular weight is 394 g/mol. The smallest absolute Gasteiger partial charge is 0.266 e. The van der Waals surface area contributed by atoms with Gasteiger partial charge in [0.25, 0.3) is 5.56 Å². The lowest BCUT2D eigenvalue weighted by Gasteiger charge is -2.30. The maximum absolute atomic E-state index is 13.1. The summed E-state index contributed by atoms with van der Waals surface area (Å²) in [5.74, 6) is 1.08. The lowest BCUT2D eigenvalue weighted by Crippen LogP contribution is -2.39. The summed E-state index contributed by atoms with van der Waals surface area (Å²) in [7, 11) is 0. The van der Waals surface area contributed by atoms with Crippen LogP contribution in [0.3, 0.4) is 0 Å². The summed E-state index contributed by atoms with van der Waals surface area (Å²) in [5, 5.41) is 1.13. The van der Waals surface area contributed by atoms with Gasteiger partial charge in [-0.3, -0.25) is 14.2 Å². The second kappa shape index (κ2) is 8.19. The Labute approximate surface area is 168 Å². The van der Waals surface area contributed by atoms with Gasteiger partial charge in [-0.25, -0.2) is 4.98 Å². The average Bonchev–Trinajstić information content (AvgIpc) is 2.73. The first-order chi connectivity index (χ1) is 13.6. The quantitative estimate of drug-likeness (QED) is 0.501. The Morgan fingerprint density at radius 3 is 2.50 bits per heavy atom. The van der Waals surface area contributed by atoms with Gasteiger partial charge in [-0.05, 0) is 43.0 Å². The number of amides is 1. The molecule has 1 amide bonds. The molecule has 0 unspecified atom stereocenters. The molecule has 1 aliphatic heterocycles. The maximum Gasteiger partial charge on any atom is 0.266 e. The Balaban J connectivity index is 1.66. The molecule has 1 saturated heterocycles. The maximum atomic E-state index is 13.1. The highest BCUT2D eigenvalue weighted by Crippen LogP contribution is 2.23. The SMILES string of the molecule is CC1CCN(C(=O)CSc2nc3ccccc3c(=O)n2-c2ccccc2)CC1. The standard InChI is InChI=1S/C22H23N3O2S/c1-16-11-13-24(14-12-16)20(26)15-28-22-23-19-10-6-5-9-18(19)21(27)25(22)17-7-3-2-4-8-17/h2-10,16H,11-15H2,1H3. The van der Waals surface area contributed by atoms with Crippen molar-refractivity contribution in [3.63, 3.8) is 0 Å². The van der Waals surface area contributed by atoms with Crippen LogP contribution in [0, 0.1) is 5.92 Å². The van der Waals surface area contributed by atoms with E-state index in [-0.39, 0.29) is 17.2 Å². The number of aromatic nitrogens is 2. The summed E-state index contributed by atoms with van der Waals surface area (Å²) in [5.41, 5.74) is 1.30. The van der Waals surface area contributed by atoms with E-state index >= 15 is 0 Å². The molecule has 1 aromatic heterocycles. The van der Waals surface area contributed by atoms with Crippen molar-refractivity contribution >= 4 is 28.6 Å². The molecule has 0 aliphatic carbocycles. The predicted molar refractivity (Wildman–Crippen MR) is 113 cm³/mol.